The van der Waals surface area contributed by atoms with Crippen molar-refractivity contribution in [2.24, 2.45) is 0 Å². The Morgan fingerprint density at radius 3 is 2.00 bits per heavy atom. The second-order valence-corrected chi connectivity index (χ2v) is 17.1. The van der Waals surface area contributed by atoms with Crippen molar-refractivity contribution in [1.82, 2.24) is 0 Å². The molecular formula is C41H41N3O6Si. The number of nitro benzene ring substituents is 1. The topological polar surface area (TPSA) is 112 Å². The van der Waals surface area contributed by atoms with Gasteiger partial charge in [0.05, 0.1) is 25.7 Å². The maximum Gasteiger partial charge on any atom is 0.292 e. The van der Waals surface area contributed by atoms with Gasteiger partial charge in [-0.05, 0) is 57.4 Å². The number of hydrogen-bond acceptors (Lipinski definition) is 7. The number of ether oxygens (including phenoxy) is 2. The zero-order chi connectivity index (χ0) is 36.4. The molecule has 0 aromatic heterocycles. The highest BCUT2D eigenvalue weighted by Gasteiger charge is 2.50. The second kappa shape index (κ2) is 16.2. The molecule has 2 N–H and O–H groups in total. The highest BCUT2D eigenvalue weighted by Crippen LogP contribution is 2.36. The van der Waals surface area contributed by atoms with Gasteiger partial charge in [-0.15, -0.1) is 0 Å². The first kappa shape index (κ1) is 36.4. The molecule has 0 aliphatic rings. The average molecular weight is 700 g/mol. The molecule has 1 amide bonds. The summed E-state index contributed by atoms with van der Waals surface area (Å²) in [6.45, 7) is 7.25. The summed E-state index contributed by atoms with van der Waals surface area (Å²) in [7, 11) is 0.385. The highest BCUT2D eigenvalue weighted by molar-refractivity contribution is 6.99. The third-order valence-corrected chi connectivity index (χ3v) is 13.5. The lowest BCUT2D eigenvalue weighted by Gasteiger charge is -2.42. The largest absolute Gasteiger partial charge is 0.493 e. The Bertz CT molecular complexity index is 2000. The first-order valence-electron chi connectivity index (χ1n) is 16.4. The number of methoxy groups -OCH3 is 2. The van der Waals surface area contributed by atoms with Crippen molar-refractivity contribution >= 4 is 41.7 Å². The Morgan fingerprint density at radius 2 is 1.43 bits per heavy atom. The van der Waals surface area contributed by atoms with E-state index in [-0.39, 0.29) is 23.0 Å². The lowest BCUT2D eigenvalue weighted by Crippen LogP contribution is -2.66. The molecule has 0 radical (unpaired) electrons. The van der Waals surface area contributed by atoms with Gasteiger partial charge in [0.2, 0.25) is 0 Å². The molecule has 0 bridgehead atoms. The van der Waals surface area contributed by atoms with E-state index in [1.807, 2.05) is 66.7 Å². The van der Waals surface area contributed by atoms with E-state index in [4.69, 9.17) is 13.9 Å². The molecule has 0 saturated heterocycles. The van der Waals surface area contributed by atoms with Crippen LogP contribution in [0.25, 0.3) is 0 Å². The van der Waals surface area contributed by atoms with Crippen LogP contribution in [0, 0.1) is 22.0 Å². The normalized spacial score (nSPS) is 11.2. The number of nitrogens with one attached hydrogen (secondary N) is 2. The standard InChI is InChI=1S/C41H41N3O6Si/c1-41(2,3)51(34-14-8-6-9-15-34,35-16-10-7-11-17-35)50-26-12-13-30-20-24-37(44(46)47)36(27-30)43-40(45)32-21-18-31(19-22-32)29-42-33-23-25-38(48-4)39(28-33)49-5/h6-11,14-25,27-28,42H,26,29H2,1-5H3,(H,43,45). The molecule has 0 aliphatic heterocycles. The van der Waals surface area contributed by atoms with Crippen molar-refractivity contribution in [1.29, 1.82) is 0 Å². The van der Waals surface area contributed by atoms with Crippen LogP contribution < -0.4 is 30.5 Å². The van der Waals surface area contributed by atoms with Crippen LogP contribution in [-0.4, -0.2) is 40.0 Å². The lowest BCUT2D eigenvalue weighted by atomic mass is 10.1. The van der Waals surface area contributed by atoms with Gasteiger partial charge in [0.25, 0.3) is 19.9 Å². The number of rotatable bonds is 12. The monoisotopic (exact) mass is 699 g/mol. The van der Waals surface area contributed by atoms with E-state index in [9.17, 15) is 14.9 Å². The number of carbonyl (C=O) groups is 1. The van der Waals surface area contributed by atoms with E-state index in [0.717, 1.165) is 21.6 Å². The molecule has 5 rings (SSSR count). The molecule has 5 aromatic carbocycles. The number of nitro groups is 1. The summed E-state index contributed by atoms with van der Waals surface area (Å²) in [6.07, 6.45) is 0. The van der Waals surface area contributed by atoms with E-state index in [0.29, 0.717) is 29.2 Å². The molecular weight excluding hydrogens is 659 g/mol. The van der Waals surface area contributed by atoms with Crippen molar-refractivity contribution in [3.63, 3.8) is 0 Å². The molecule has 10 heteroatoms. The van der Waals surface area contributed by atoms with Crippen molar-refractivity contribution in [2.45, 2.75) is 32.4 Å². The van der Waals surface area contributed by atoms with Gasteiger partial charge in [-0.2, -0.15) is 0 Å². The summed E-state index contributed by atoms with van der Waals surface area (Å²) in [4.78, 5) is 24.6. The first-order valence-corrected chi connectivity index (χ1v) is 18.3. The Kier molecular flexibility index (Phi) is 11.6. The molecule has 0 unspecified atom stereocenters. The summed E-state index contributed by atoms with van der Waals surface area (Å²) in [5.41, 5.74) is 2.48. The predicted octanol–water partition coefficient (Wildman–Crippen LogP) is 7.40. The van der Waals surface area contributed by atoms with Crippen LogP contribution in [0.15, 0.2) is 121 Å². The van der Waals surface area contributed by atoms with Crippen molar-refractivity contribution < 1.29 is 23.6 Å². The number of benzene rings is 5. The maximum absolute atomic E-state index is 13.2. The van der Waals surface area contributed by atoms with E-state index < -0.39 is 19.1 Å². The van der Waals surface area contributed by atoms with Crippen LogP contribution in [0.1, 0.15) is 42.3 Å². The van der Waals surface area contributed by atoms with Crippen LogP contribution in [-0.2, 0) is 11.0 Å². The molecule has 0 heterocycles. The molecule has 0 aliphatic carbocycles. The molecule has 9 nitrogen and oxygen atoms in total. The van der Waals surface area contributed by atoms with Gasteiger partial charge in [-0.3, -0.25) is 14.9 Å². The van der Waals surface area contributed by atoms with E-state index in [2.05, 4.69) is 67.5 Å². The maximum atomic E-state index is 13.2. The van der Waals surface area contributed by atoms with E-state index in [1.54, 1.807) is 32.4 Å². The van der Waals surface area contributed by atoms with Gasteiger partial charge >= 0.3 is 0 Å². The van der Waals surface area contributed by atoms with Gasteiger partial charge in [-0.25, -0.2) is 0 Å². The molecule has 0 spiro atoms. The van der Waals surface area contributed by atoms with Crippen LogP contribution in [0.4, 0.5) is 17.1 Å². The fourth-order valence-electron chi connectivity index (χ4n) is 6.04. The van der Waals surface area contributed by atoms with Gasteiger partial charge < -0.3 is 24.5 Å². The van der Waals surface area contributed by atoms with Crippen LogP contribution in [0.5, 0.6) is 11.5 Å². The summed E-state index contributed by atoms with van der Waals surface area (Å²) < 4.78 is 17.5. The molecule has 5 aromatic rings. The Morgan fingerprint density at radius 1 is 0.804 bits per heavy atom. The molecule has 0 atom stereocenters. The first-order chi connectivity index (χ1) is 24.6. The van der Waals surface area contributed by atoms with Gasteiger partial charge in [0, 0.05) is 35.5 Å². The third kappa shape index (κ3) is 8.47. The number of nitrogens with zero attached hydrogens (tertiary/aromatic N) is 1. The summed E-state index contributed by atoms with van der Waals surface area (Å²) >= 11 is 0. The smallest absolute Gasteiger partial charge is 0.292 e. The lowest BCUT2D eigenvalue weighted by molar-refractivity contribution is -0.383. The summed E-state index contributed by atoms with van der Waals surface area (Å²) in [5, 5.41) is 20.0. The molecule has 0 saturated carbocycles. The zero-order valence-electron chi connectivity index (χ0n) is 29.4. The molecule has 0 fully saturated rings. The van der Waals surface area contributed by atoms with Crippen LogP contribution in [0.3, 0.4) is 0 Å². The summed E-state index contributed by atoms with van der Waals surface area (Å²) in [6, 6.07) is 37.6. The zero-order valence-corrected chi connectivity index (χ0v) is 30.4. The minimum Gasteiger partial charge on any atom is -0.493 e. The van der Waals surface area contributed by atoms with Crippen LogP contribution >= 0.6 is 0 Å². The quantitative estimate of drug-likeness (QED) is 0.0604. The Balaban J connectivity index is 1.30. The number of amides is 1. The Labute approximate surface area is 299 Å². The second-order valence-electron chi connectivity index (χ2n) is 12.8. The van der Waals surface area contributed by atoms with Gasteiger partial charge in [0.15, 0.2) is 11.5 Å². The van der Waals surface area contributed by atoms with E-state index in [1.165, 1.54) is 12.1 Å². The van der Waals surface area contributed by atoms with Gasteiger partial charge in [0.1, 0.15) is 5.69 Å². The van der Waals surface area contributed by atoms with Crippen LogP contribution in [0.2, 0.25) is 5.04 Å². The van der Waals surface area contributed by atoms with Crippen molar-refractivity contribution in [3.8, 4) is 23.3 Å². The fraction of sp³-hybridized carbons (Fsp3) is 0.195. The van der Waals surface area contributed by atoms with Gasteiger partial charge in [-0.1, -0.05) is 105 Å². The highest BCUT2D eigenvalue weighted by atomic mass is 28.4. The SMILES string of the molecule is COc1ccc(NCc2ccc(C(=O)Nc3cc(C#CCO[Si](c4ccccc4)(c4ccccc4)C(C)(C)C)ccc3[N+](=O)[O-])cc2)cc1OC. The Hall–Kier alpha value is -5.89. The van der Waals surface area contributed by atoms with Crippen molar-refractivity contribution in [2.75, 3.05) is 31.5 Å². The van der Waals surface area contributed by atoms with E-state index >= 15 is 0 Å². The fourth-order valence-corrected chi connectivity index (χ4v) is 10.5. The van der Waals surface area contributed by atoms with Crippen molar-refractivity contribution in [3.05, 3.63) is 148 Å². The predicted molar refractivity (Wildman–Crippen MR) is 205 cm³/mol. The molecule has 51 heavy (non-hydrogen) atoms. The minimum absolute atomic E-state index is 0.0592. The number of carbonyl (C=O) groups excluding carboxylic acids is 1. The minimum atomic E-state index is -2.78. The summed E-state index contributed by atoms with van der Waals surface area (Å²) in [5.74, 6) is 7.00. The number of anilines is 2. The number of hydrogen-bond donors (Lipinski definition) is 2. The third-order valence-electron chi connectivity index (χ3n) is 8.55. The average Bonchev–Trinajstić information content (AvgIpc) is 3.14. The molecule has 260 valence electrons.